The lowest BCUT2D eigenvalue weighted by molar-refractivity contribution is -0.136. The number of carbonyl (C=O) groups is 1. The zero-order valence-corrected chi connectivity index (χ0v) is 19.3. The second-order valence-corrected chi connectivity index (χ2v) is 10.9. The molecule has 1 fully saturated rings. The van der Waals surface area contributed by atoms with Crippen LogP contribution in [0.3, 0.4) is 0 Å². The number of halogens is 1. The molecule has 0 saturated carbocycles. The Bertz CT molecular complexity index is 996. The fourth-order valence-electron chi connectivity index (χ4n) is 3.89. The molecule has 1 aliphatic rings. The van der Waals surface area contributed by atoms with Crippen molar-refractivity contribution >= 4 is 31.7 Å². The molecule has 2 aromatic rings. The highest BCUT2D eigenvalue weighted by molar-refractivity contribution is 9.10. The Morgan fingerprint density at radius 3 is 2.45 bits per heavy atom. The molecule has 0 aromatic heterocycles. The number of rotatable bonds is 6. The van der Waals surface area contributed by atoms with E-state index < -0.39 is 9.84 Å². The molecule has 1 aliphatic heterocycles. The molecular formula is C22H26BrNO4S. The number of nitrogens with zero attached hydrogens (tertiary/aromatic N) is 1. The summed E-state index contributed by atoms with van der Waals surface area (Å²) in [7, 11) is -3.10. The van der Waals surface area contributed by atoms with Crippen molar-refractivity contribution in [3.8, 4) is 5.75 Å². The predicted octanol–water partition coefficient (Wildman–Crippen LogP) is 3.97. The maximum atomic E-state index is 13.1. The van der Waals surface area contributed by atoms with E-state index in [-0.39, 0.29) is 30.1 Å². The van der Waals surface area contributed by atoms with Crippen molar-refractivity contribution in [3.05, 3.63) is 63.1 Å². The molecule has 29 heavy (non-hydrogen) atoms. The van der Waals surface area contributed by atoms with Gasteiger partial charge in [-0.15, -0.1) is 0 Å². The van der Waals surface area contributed by atoms with Gasteiger partial charge in [0, 0.05) is 17.1 Å². The highest BCUT2D eigenvalue weighted by Crippen LogP contribution is 2.26. The Morgan fingerprint density at radius 2 is 1.86 bits per heavy atom. The highest BCUT2D eigenvalue weighted by atomic mass is 79.9. The third-order valence-electron chi connectivity index (χ3n) is 5.16. The molecule has 156 valence electrons. The Hall–Kier alpha value is -1.86. The van der Waals surface area contributed by atoms with Gasteiger partial charge in [0.25, 0.3) is 5.91 Å². The molecule has 7 heteroatoms. The van der Waals surface area contributed by atoms with Gasteiger partial charge in [-0.05, 0) is 56.0 Å². The van der Waals surface area contributed by atoms with Crippen LogP contribution in [-0.2, 0) is 21.2 Å². The normalized spacial score (nSPS) is 17.9. The fraction of sp³-hybridized carbons (Fsp3) is 0.409. The van der Waals surface area contributed by atoms with Gasteiger partial charge in [0.05, 0.1) is 11.5 Å². The number of aryl methyl sites for hydroxylation is 3. The first-order chi connectivity index (χ1) is 13.6. The fourth-order valence-corrected chi connectivity index (χ4v) is 6.06. The standard InChI is InChI=1S/C22H26BrNO4S/c1-15-9-16(2)22(17(3)10-15)28-13-21(25)24(20-7-8-29(26,27)14-20)12-18-5-4-6-19(23)11-18/h4-6,9-11,20H,7-8,12-14H2,1-3H3/t20-/m0/s1. The van der Waals surface area contributed by atoms with Crippen LogP contribution < -0.4 is 4.74 Å². The smallest absolute Gasteiger partial charge is 0.261 e. The lowest BCUT2D eigenvalue weighted by Crippen LogP contribution is -2.43. The largest absolute Gasteiger partial charge is 0.483 e. The summed E-state index contributed by atoms with van der Waals surface area (Å²) in [5.74, 6) is 0.642. The number of sulfone groups is 1. The van der Waals surface area contributed by atoms with Crippen molar-refractivity contribution in [2.45, 2.75) is 39.8 Å². The van der Waals surface area contributed by atoms with E-state index in [1.54, 1.807) is 4.90 Å². The first-order valence-electron chi connectivity index (χ1n) is 9.59. The molecule has 1 atom stereocenters. The lowest BCUT2D eigenvalue weighted by atomic mass is 10.1. The van der Waals surface area contributed by atoms with Gasteiger partial charge in [-0.25, -0.2) is 8.42 Å². The van der Waals surface area contributed by atoms with Crippen LogP contribution >= 0.6 is 15.9 Å². The third kappa shape index (κ3) is 5.60. The maximum Gasteiger partial charge on any atom is 0.261 e. The predicted molar refractivity (Wildman–Crippen MR) is 118 cm³/mol. The van der Waals surface area contributed by atoms with Crippen molar-refractivity contribution in [2.75, 3.05) is 18.1 Å². The van der Waals surface area contributed by atoms with E-state index in [2.05, 4.69) is 15.9 Å². The molecule has 0 radical (unpaired) electrons. The Kier molecular flexibility index (Phi) is 6.69. The monoisotopic (exact) mass is 479 g/mol. The number of hydrogen-bond acceptors (Lipinski definition) is 4. The van der Waals surface area contributed by atoms with Gasteiger partial charge < -0.3 is 9.64 Å². The summed E-state index contributed by atoms with van der Waals surface area (Å²) < 4.78 is 30.8. The van der Waals surface area contributed by atoms with Crippen LogP contribution in [0.5, 0.6) is 5.75 Å². The van der Waals surface area contributed by atoms with Gasteiger partial charge in [-0.1, -0.05) is 45.8 Å². The van der Waals surface area contributed by atoms with E-state index in [0.29, 0.717) is 18.7 Å². The molecule has 0 aliphatic carbocycles. The summed E-state index contributed by atoms with van der Waals surface area (Å²) in [6, 6.07) is 11.4. The van der Waals surface area contributed by atoms with Crippen LogP contribution in [0, 0.1) is 20.8 Å². The lowest BCUT2D eigenvalue weighted by Gasteiger charge is -2.29. The minimum absolute atomic E-state index is 0.00926. The van der Waals surface area contributed by atoms with Gasteiger partial charge in [-0.3, -0.25) is 4.79 Å². The number of ether oxygens (including phenoxy) is 1. The van der Waals surface area contributed by atoms with E-state index in [4.69, 9.17) is 4.74 Å². The van der Waals surface area contributed by atoms with Crippen molar-refractivity contribution in [1.29, 1.82) is 0 Å². The molecule has 2 aromatic carbocycles. The Labute approximate surface area is 181 Å². The summed E-state index contributed by atoms with van der Waals surface area (Å²) in [4.78, 5) is 14.7. The van der Waals surface area contributed by atoms with E-state index in [1.807, 2.05) is 57.2 Å². The van der Waals surface area contributed by atoms with Gasteiger partial charge in [-0.2, -0.15) is 0 Å². The molecule has 1 heterocycles. The topological polar surface area (TPSA) is 63.7 Å². The maximum absolute atomic E-state index is 13.1. The van der Waals surface area contributed by atoms with E-state index in [9.17, 15) is 13.2 Å². The number of carbonyl (C=O) groups excluding carboxylic acids is 1. The van der Waals surface area contributed by atoms with Crippen LogP contribution in [0.1, 0.15) is 28.7 Å². The van der Waals surface area contributed by atoms with E-state index >= 15 is 0 Å². The summed E-state index contributed by atoms with van der Waals surface area (Å²) in [5.41, 5.74) is 4.06. The van der Waals surface area contributed by atoms with E-state index in [0.717, 1.165) is 26.7 Å². The molecule has 1 saturated heterocycles. The minimum Gasteiger partial charge on any atom is -0.483 e. The van der Waals surface area contributed by atoms with Crippen LogP contribution in [0.15, 0.2) is 40.9 Å². The summed E-state index contributed by atoms with van der Waals surface area (Å²) in [6.07, 6.45) is 0.463. The Balaban J connectivity index is 1.79. The van der Waals surface area contributed by atoms with E-state index in [1.165, 1.54) is 0 Å². The zero-order chi connectivity index (χ0) is 21.2. The SMILES string of the molecule is Cc1cc(C)c(OCC(=O)N(Cc2cccc(Br)c2)[C@H]2CCS(=O)(=O)C2)c(C)c1. The van der Waals surface area contributed by atoms with Crippen molar-refractivity contribution < 1.29 is 17.9 Å². The molecule has 0 unspecified atom stereocenters. The summed E-state index contributed by atoms with van der Waals surface area (Å²) in [6.45, 7) is 6.18. The quantitative estimate of drug-likeness (QED) is 0.628. The van der Waals surface area contributed by atoms with Gasteiger partial charge in [0.15, 0.2) is 16.4 Å². The van der Waals surface area contributed by atoms with Crippen LogP contribution in [-0.4, -0.2) is 43.4 Å². The van der Waals surface area contributed by atoms with Crippen molar-refractivity contribution in [1.82, 2.24) is 4.90 Å². The summed E-state index contributed by atoms with van der Waals surface area (Å²) >= 11 is 3.45. The second kappa shape index (κ2) is 8.88. The third-order valence-corrected chi connectivity index (χ3v) is 7.40. The minimum atomic E-state index is -3.10. The highest BCUT2D eigenvalue weighted by Gasteiger charge is 2.35. The van der Waals surface area contributed by atoms with Crippen molar-refractivity contribution in [2.24, 2.45) is 0 Å². The second-order valence-electron chi connectivity index (χ2n) is 7.72. The molecule has 1 amide bonds. The molecule has 3 rings (SSSR count). The molecule has 0 spiro atoms. The van der Waals surface area contributed by atoms with Gasteiger partial charge in [0.1, 0.15) is 5.75 Å². The summed E-state index contributed by atoms with van der Waals surface area (Å²) in [5, 5.41) is 0. The average Bonchev–Trinajstić information content (AvgIpc) is 2.98. The molecule has 5 nitrogen and oxygen atoms in total. The van der Waals surface area contributed by atoms with Gasteiger partial charge >= 0.3 is 0 Å². The number of hydrogen-bond donors (Lipinski definition) is 0. The van der Waals surface area contributed by atoms with Crippen LogP contribution in [0.4, 0.5) is 0 Å². The zero-order valence-electron chi connectivity index (χ0n) is 16.9. The average molecular weight is 480 g/mol. The number of amides is 1. The van der Waals surface area contributed by atoms with Crippen LogP contribution in [0.2, 0.25) is 0 Å². The first kappa shape index (κ1) is 21.8. The van der Waals surface area contributed by atoms with Gasteiger partial charge in [0.2, 0.25) is 0 Å². The first-order valence-corrected chi connectivity index (χ1v) is 12.2. The molecule has 0 N–H and O–H groups in total. The molecule has 0 bridgehead atoms. The van der Waals surface area contributed by atoms with Crippen LogP contribution in [0.25, 0.3) is 0 Å². The Morgan fingerprint density at radius 1 is 1.17 bits per heavy atom. The molecular weight excluding hydrogens is 454 g/mol. The number of benzene rings is 2. The van der Waals surface area contributed by atoms with Crippen molar-refractivity contribution in [3.63, 3.8) is 0 Å².